The maximum Gasteiger partial charge on any atom is 0.124 e. The summed E-state index contributed by atoms with van der Waals surface area (Å²) in [6, 6.07) is 5.36. The Morgan fingerprint density at radius 2 is 1.83 bits per heavy atom. The molecule has 0 aliphatic carbocycles. The van der Waals surface area contributed by atoms with Crippen molar-refractivity contribution in [3.05, 3.63) is 23.8 Å². The summed E-state index contributed by atoms with van der Waals surface area (Å²) >= 11 is 0. The molecule has 4 nitrogen and oxygen atoms in total. The van der Waals surface area contributed by atoms with E-state index in [0.717, 1.165) is 19.6 Å². The highest BCUT2D eigenvalue weighted by Gasteiger charge is 2.29. The van der Waals surface area contributed by atoms with Gasteiger partial charge in [-0.15, -0.1) is 0 Å². The van der Waals surface area contributed by atoms with Gasteiger partial charge in [-0.3, -0.25) is 4.90 Å². The van der Waals surface area contributed by atoms with E-state index < -0.39 is 0 Å². The maximum atomic E-state index is 9.93. The quantitative estimate of drug-likeness (QED) is 0.840. The molecule has 2 rings (SSSR count). The second-order valence-electron chi connectivity index (χ2n) is 5.24. The first-order valence-electron chi connectivity index (χ1n) is 6.46. The fourth-order valence-corrected chi connectivity index (χ4v) is 2.86. The molecule has 0 saturated carbocycles. The smallest absolute Gasteiger partial charge is 0.124 e. The van der Waals surface area contributed by atoms with Crippen LogP contribution >= 0.6 is 0 Å². The molecule has 1 heterocycles. The first kappa shape index (κ1) is 13.2. The normalized spacial score (nSPS) is 24.1. The summed E-state index contributed by atoms with van der Waals surface area (Å²) in [5.74, 6) is 0.349. The topological polar surface area (TPSA) is 46.9 Å². The van der Waals surface area contributed by atoms with Gasteiger partial charge in [0.25, 0.3) is 0 Å². The Labute approximate surface area is 108 Å². The first-order chi connectivity index (χ1) is 8.50. The van der Waals surface area contributed by atoms with Crippen molar-refractivity contribution >= 4 is 0 Å². The molecule has 18 heavy (non-hydrogen) atoms. The van der Waals surface area contributed by atoms with Gasteiger partial charge >= 0.3 is 0 Å². The molecule has 100 valence electrons. The van der Waals surface area contributed by atoms with Gasteiger partial charge in [-0.25, -0.2) is 0 Å². The van der Waals surface area contributed by atoms with Crippen LogP contribution in [0.1, 0.15) is 25.5 Å². The number of likely N-dealkylation sites (N-methyl/N-ethyl adjacent to an activating group) is 1. The highest BCUT2D eigenvalue weighted by atomic mass is 16.3. The molecule has 0 bridgehead atoms. The maximum absolute atomic E-state index is 9.93. The Morgan fingerprint density at radius 3 is 2.39 bits per heavy atom. The Balaban J connectivity index is 2.23. The summed E-state index contributed by atoms with van der Waals surface area (Å²) in [6.07, 6.45) is 0. The molecule has 0 spiro atoms. The lowest BCUT2D eigenvalue weighted by Crippen LogP contribution is -2.51. The van der Waals surface area contributed by atoms with Crippen LogP contribution in [-0.4, -0.2) is 52.7 Å². The molecule has 1 aliphatic heterocycles. The van der Waals surface area contributed by atoms with Crippen molar-refractivity contribution in [2.75, 3.05) is 26.7 Å². The summed E-state index contributed by atoms with van der Waals surface area (Å²) < 4.78 is 0. The first-order valence-corrected chi connectivity index (χ1v) is 6.46. The molecule has 0 aromatic heterocycles. The summed E-state index contributed by atoms with van der Waals surface area (Å²) in [4.78, 5) is 4.63. The number of phenols is 2. The van der Waals surface area contributed by atoms with Crippen molar-refractivity contribution in [1.82, 2.24) is 9.80 Å². The molecule has 1 aromatic rings. The third-order valence-corrected chi connectivity index (χ3v) is 3.86. The van der Waals surface area contributed by atoms with E-state index in [1.54, 1.807) is 18.2 Å². The Hall–Kier alpha value is -1.26. The lowest BCUT2D eigenvalue weighted by molar-refractivity contribution is 0.0655. The van der Waals surface area contributed by atoms with Crippen LogP contribution < -0.4 is 0 Å². The van der Waals surface area contributed by atoms with Gasteiger partial charge in [-0.2, -0.15) is 0 Å². The highest BCUT2D eigenvalue weighted by Crippen LogP contribution is 2.36. The predicted molar refractivity (Wildman–Crippen MR) is 71.9 cm³/mol. The number of hydrogen-bond acceptors (Lipinski definition) is 4. The summed E-state index contributed by atoms with van der Waals surface area (Å²) in [7, 11) is 2.12. The number of aromatic hydroxyl groups is 2. The molecular weight excluding hydrogens is 228 g/mol. The molecule has 1 aromatic carbocycles. The van der Waals surface area contributed by atoms with E-state index in [0.29, 0.717) is 11.6 Å². The Bertz CT molecular complexity index is 402. The zero-order valence-corrected chi connectivity index (χ0v) is 11.3. The molecule has 2 atom stereocenters. The van der Waals surface area contributed by atoms with Gasteiger partial charge < -0.3 is 15.1 Å². The number of hydrogen-bond donors (Lipinski definition) is 2. The average molecular weight is 250 g/mol. The van der Waals surface area contributed by atoms with Gasteiger partial charge in [0.05, 0.1) is 5.56 Å². The molecule has 0 radical (unpaired) electrons. The predicted octanol–water partition coefficient (Wildman–Crippen LogP) is 1.79. The largest absolute Gasteiger partial charge is 0.507 e. The second-order valence-corrected chi connectivity index (χ2v) is 5.24. The van der Waals surface area contributed by atoms with Crippen molar-refractivity contribution in [2.45, 2.75) is 25.9 Å². The number of piperazine rings is 1. The molecule has 2 unspecified atom stereocenters. The minimum Gasteiger partial charge on any atom is -0.507 e. The zero-order valence-electron chi connectivity index (χ0n) is 11.3. The molecule has 0 amide bonds. The Kier molecular flexibility index (Phi) is 3.78. The molecule has 4 heteroatoms. The molecule has 1 fully saturated rings. The van der Waals surface area contributed by atoms with E-state index in [1.165, 1.54) is 0 Å². The number of phenolic OH excluding ortho intramolecular Hbond substituents is 2. The van der Waals surface area contributed by atoms with E-state index in [9.17, 15) is 10.2 Å². The summed E-state index contributed by atoms with van der Waals surface area (Å²) in [6.45, 7) is 7.20. The van der Waals surface area contributed by atoms with Gasteiger partial charge in [0.15, 0.2) is 0 Å². The van der Waals surface area contributed by atoms with Gasteiger partial charge in [0.1, 0.15) is 11.5 Å². The van der Waals surface area contributed by atoms with Crippen LogP contribution in [0.3, 0.4) is 0 Å². The molecule has 2 N–H and O–H groups in total. The second kappa shape index (κ2) is 5.16. The van der Waals surface area contributed by atoms with E-state index in [1.807, 2.05) is 6.92 Å². The Morgan fingerprint density at radius 1 is 1.22 bits per heavy atom. The minimum absolute atomic E-state index is 0.0231. The van der Waals surface area contributed by atoms with E-state index >= 15 is 0 Å². The number of rotatable bonds is 2. The molecule has 1 saturated heterocycles. The third-order valence-electron chi connectivity index (χ3n) is 3.86. The van der Waals surface area contributed by atoms with Crippen molar-refractivity contribution in [3.63, 3.8) is 0 Å². The average Bonchev–Trinajstić information content (AvgIpc) is 2.28. The zero-order chi connectivity index (χ0) is 13.3. The van der Waals surface area contributed by atoms with Crippen molar-refractivity contribution in [3.8, 4) is 11.5 Å². The standard InChI is InChI=1S/C14H22N2O2/c1-10-9-15(3)7-8-16(10)11(2)14-12(17)5-4-6-13(14)18/h4-6,10-11,17-18H,7-9H2,1-3H3. The van der Waals surface area contributed by atoms with Crippen molar-refractivity contribution < 1.29 is 10.2 Å². The fourth-order valence-electron chi connectivity index (χ4n) is 2.86. The van der Waals surface area contributed by atoms with Crippen LogP contribution in [-0.2, 0) is 0 Å². The van der Waals surface area contributed by atoms with Crippen LogP contribution in [0.5, 0.6) is 11.5 Å². The minimum atomic E-state index is 0.0231. The third kappa shape index (κ3) is 2.44. The van der Waals surface area contributed by atoms with Crippen LogP contribution in [0.2, 0.25) is 0 Å². The fraction of sp³-hybridized carbons (Fsp3) is 0.571. The van der Waals surface area contributed by atoms with Crippen LogP contribution in [0, 0.1) is 0 Å². The molecule has 1 aliphatic rings. The van der Waals surface area contributed by atoms with Crippen molar-refractivity contribution in [1.29, 1.82) is 0 Å². The van der Waals surface area contributed by atoms with E-state index in [2.05, 4.69) is 23.8 Å². The van der Waals surface area contributed by atoms with Crippen molar-refractivity contribution in [2.24, 2.45) is 0 Å². The van der Waals surface area contributed by atoms with Gasteiger partial charge in [0, 0.05) is 31.7 Å². The monoisotopic (exact) mass is 250 g/mol. The van der Waals surface area contributed by atoms with Crippen LogP contribution in [0.25, 0.3) is 0 Å². The van der Waals surface area contributed by atoms with Crippen LogP contribution in [0.15, 0.2) is 18.2 Å². The molecular formula is C14H22N2O2. The van der Waals surface area contributed by atoms with Gasteiger partial charge in [-0.05, 0) is 33.0 Å². The van der Waals surface area contributed by atoms with Gasteiger partial charge in [-0.1, -0.05) is 6.07 Å². The number of benzene rings is 1. The lowest BCUT2D eigenvalue weighted by Gasteiger charge is -2.42. The van der Waals surface area contributed by atoms with E-state index in [-0.39, 0.29) is 17.5 Å². The summed E-state index contributed by atoms with van der Waals surface area (Å²) in [5.41, 5.74) is 0.633. The van der Waals surface area contributed by atoms with Crippen LogP contribution in [0.4, 0.5) is 0 Å². The summed E-state index contributed by atoms with van der Waals surface area (Å²) in [5, 5.41) is 19.9. The highest BCUT2D eigenvalue weighted by molar-refractivity contribution is 5.45. The number of nitrogens with zero attached hydrogens (tertiary/aromatic N) is 2. The SMILES string of the molecule is CC1CN(C)CCN1C(C)c1c(O)cccc1O. The van der Waals surface area contributed by atoms with Gasteiger partial charge in [0.2, 0.25) is 0 Å². The lowest BCUT2D eigenvalue weighted by atomic mass is 10.0. The van der Waals surface area contributed by atoms with E-state index in [4.69, 9.17) is 0 Å².